The lowest BCUT2D eigenvalue weighted by molar-refractivity contribution is -0.308. The van der Waals surface area contributed by atoms with Crippen LogP contribution in [0.1, 0.15) is 20.8 Å². The summed E-state index contributed by atoms with van der Waals surface area (Å²) in [5.74, 6) is 1.79. The molecule has 0 aliphatic rings. The Morgan fingerprint density at radius 1 is 1.60 bits per heavy atom. The maximum Gasteiger partial charge on any atom is 0.339 e. The SMILES string of the molecule is C#CC(C)(C)OOC(C)=O. The Morgan fingerprint density at radius 3 is 2.40 bits per heavy atom. The number of terminal acetylenes is 1. The minimum atomic E-state index is -0.842. The van der Waals surface area contributed by atoms with Crippen LogP contribution < -0.4 is 0 Å². The molecule has 0 aromatic heterocycles. The molecule has 10 heavy (non-hydrogen) atoms. The summed E-state index contributed by atoms with van der Waals surface area (Å²) in [7, 11) is 0. The van der Waals surface area contributed by atoms with Crippen molar-refractivity contribution in [1.82, 2.24) is 0 Å². The second kappa shape index (κ2) is 3.23. The summed E-state index contributed by atoms with van der Waals surface area (Å²) in [5, 5.41) is 0. The molecule has 0 unspecified atom stereocenters. The summed E-state index contributed by atoms with van der Waals surface area (Å²) in [5.41, 5.74) is -0.842. The van der Waals surface area contributed by atoms with Crippen LogP contribution in [0.25, 0.3) is 0 Å². The van der Waals surface area contributed by atoms with Crippen molar-refractivity contribution >= 4 is 5.97 Å². The van der Waals surface area contributed by atoms with Gasteiger partial charge in [0.2, 0.25) is 0 Å². The molecule has 0 aliphatic heterocycles. The van der Waals surface area contributed by atoms with E-state index in [0.29, 0.717) is 0 Å². The second-order valence-electron chi connectivity index (χ2n) is 2.31. The zero-order chi connectivity index (χ0) is 8.20. The predicted molar refractivity (Wildman–Crippen MR) is 35.8 cm³/mol. The smallest absolute Gasteiger partial charge is 0.297 e. The third-order valence-corrected chi connectivity index (χ3v) is 0.715. The van der Waals surface area contributed by atoms with Crippen molar-refractivity contribution < 1.29 is 14.6 Å². The van der Waals surface area contributed by atoms with Gasteiger partial charge in [0.1, 0.15) is 0 Å². The summed E-state index contributed by atoms with van der Waals surface area (Å²) in [6, 6.07) is 0. The molecule has 0 rings (SSSR count). The quantitative estimate of drug-likeness (QED) is 0.326. The first kappa shape index (κ1) is 8.99. The Bertz CT molecular complexity index is 164. The summed E-state index contributed by atoms with van der Waals surface area (Å²) in [6.07, 6.45) is 5.03. The van der Waals surface area contributed by atoms with Crippen LogP contribution in [-0.2, 0) is 14.6 Å². The molecule has 0 saturated carbocycles. The van der Waals surface area contributed by atoms with Gasteiger partial charge in [-0.05, 0) is 13.8 Å². The third-order valence-electron chi connectivity index (χ3n) is 0.715. The van der Waals surface area contributed by atoms with Crippen LogP contribution in [0.2, 0.25) is 0 Å². The van der Waals surface area contributed by atoms with Crippen molar-refractivity contribution in [3.8, 4) is 12.3 Å². The molecule has 0 aromatic rings. The van der Waals surface area contributed by atoms with Crippen LogP contribution >= 0.6 is 0 Å². The minimum Gasteiger partial charge on any atom is -0.297 e. The highest BCUT2D eigenvalue weighted by Gasteiger charge is 2.16. The van der Waals surface area contributed by atoms with Crippen molar-refractivity contribution in [2.24, 2.45) is 0 Å². The molecule has 0 fully saturated rings. The fraction of sp³-hybridized carbons (Fsp3) is 0.571. The molecular weight excluding hydrogens is 132 g/mol. The summed E-state index contributed by atoms with van der Waals surface area (Å²) in [6.45, 7) is 4.48. The average Bonchev–Trinajstić information content (AvgIpc) is 1.85. The van der Waals surface area contributed by atoms with E-state index in [0.717, 1.165) is 0 Å². The second-order valence-corrected chi connectivity index (χ2v) is 2.31. The lowest BCUT2D eigenvalue weighted by Crippen LogP contribution is -2.23. The van der Waals surface area contributed by atoms with Gasteiger partial charge in [-0.1, -0.05) is 5.92 Å². The number of carbonyl (C=O) groups is 1. The number of rotatable bonds is 2. The van der Waals surface area contributed by atoms with E-state index in [4.69, 9.17) is 6.42 Å². The molecule has 0 saturated heterocycles. The van der Waals surface area contributed by atoms with Gasteiger partial charge in [-0.3, -0.25) is 4.89 Å². The molecule has 0 radical (unpaired) electrons. The molecular formula is C7H10O3. The van der Waals surface area contributed by atoms with E-state index in [1.807, 2.05) is 0 Å². The maximum atomic E-state index is 10.2. The topological polar surface area (TPSA) is 35.5 Å². The molecule has 0 bridgehead atoms. The van der Waals surface area contributed by atoms with E-state index < -0.39 is 11.6 Å². The van der Waals surface area contributed by atoms with Crippen molar-refractivity contribution in [1.29, 1.82) is 0 Å². The van der Waals surface area contributed by atoms with Gasteiger partial charge in [0.05, 0.1) is 0 Å². The van der Waals surface area contributed by atoms with Gasteiger partial charge in [0.25, 0.3) is 0 Å². The zero-order valence-corrected chi connectivity index (χ0v) is 6.30. The number of hydrogen-bond acceptors (Lipinski definition) is 3. The highest BCUT2D eigenvalue weighted by Crippen LogP contribution is 2.06. The molecule has 0 amide bonds. The number of hydrogen-bond donors (Lipinski definition) is 0. The van der Waals surface area contributed by atoms with Gasteiger partial charge in [-0.2, -0.15) is 4.89 Å². The number of carbonyl (C=O) groups excluding carboxylic acids is 1. The van der Waals surface area contributed by atoms with E-state index in [2.05, 4.69) is 15.7 Å². The van der Waals surface area contributed by atoms with E-state index in [1.54, 1.807) is 13.8 Å². The van der Waals surface area contributed by atoms with Crippen molar-refractivity contribution in [3.63, 3.8) is 0 Å². The van der Waals surface area contributed by atoms with Gasteiger partial charge in [-0.15, -0.1) is 6.42 Å². The fourth-order valence-electron chi connectivity index (χ4n) is 0.187. The van der Waals surface area contributed by atoms with E-state index in [1.165, 1.54) is 6.92 Å². The standard InChI is InChI=1S/C7H10O3/c1-5-7(3,4)10-9-6(2)8/h1H,2-4H3. The fourth-order valence-corrected chi connectivity index (χ4v) is 0.187. The van der Waals surface area contributed by atoms with Crippen LogP contribution in [0, 0.1) is 12.3 Å². The Kier molecular flexibility index (Phi) is 2.91. The van der Waals surface area contributed by atoms with Crippen LogP contribution in [0.15, 0.2) is 0 Å². The Morgan fingerprint density at radius 2 is 2.10 bits per heavy atom. The molecule has 0 aromatic carbocycles. The van der Waals surface area contributed by atoms with Crippen LogP contribution in [0.3, 0.4) is 0 Å². The zero-order valence-electron chi connectivity index (χ0n) is 6.30. The molecule has 56 valence electrons. The van der Waals surface area contributed by atoms with Crippen LogP contribution in [0.5, 0.6) is 0 Å². The van der Waals surface area contributed by atoms with Gasteiger partial charge in [-0.25, -0.2) is 4.79 Å². The van der Waals surface area contributed by atoms with Crippen molar-refractivity contribution in [3.05, 3.63) is 0 Å². The normalized spacial score (nSPS) is 10.2. The van der Waals surface area contributed by atoms with Gasteiger partial charge >= 0.3 is 5.97 Å². The summed E-state index contributed by atoms with van der Waals surface area (Å²) >= 11 is 0. The van der Waals surface area contributed by atoms with E-state index >= 15 is 0 Å². The first-order valence-electron chi connectivity index (χ1n) is 2.82. The first-order chi connectivity index (χ1) is 4.48. The highest BCUT2D eigenvalue weighted by atomic mass is 17.2. The summed E-state index contributed by atoms with van der Waals surface area (Å²) in [4.78, 5) is 19.0. The first-order valence-corrected chi connectivity index (χ1v) is 2.82. The predicted octanol–water partition coefficient (Wildman–Crippen LogP) is 0.893. The van der Waals surface area contributed by atoms with Crippen molar-refractivity contribution in [2.75, 3.05) is 0 Å². The Balaban J connectivity index is 3.71. The van der Waals surface area contributed by atoms with Gasteiger partial charge < -0.3 is 0 Å². The maximum absolute atomic E-state index is 10.2. The molecule has 0 N–H and O–H groups in total. The molecule has 0 spiro atoms. The Labute approximate surface area is 60.2 Å². The average molecular weight is 142 g/mol. The van der Waals surface area contributed by atoms with E-state index in [9.17, 15) is 4.79 Å². The monoisotopic (exact) mass is 142 g/mol. The van der Waals surface area contributed by atoms with Gasteiger partial charge in [0.15, 0.2) is 5.60 Å². The van der Waals surface area contributed by atoms with Crippen LogP contribution in [-0.4, -0.2) is 11.6 Å². The third kappa shape index (κ3) is 3.93. The largest absolute Gasteiger partial charge is 0.339 e. The highest BCUT2D eigenvalue weighted by molar-refractivity contribution is 5.65. The Hall–Kier alpha value is -1.01. The minimum absolute atomic E-state index is 0.511. The molecule has 0 aliphatic carbocycles. The van der Waals surface area contributed by atoms with Crippen LogP contribution in [0.4, 0.5) is 0 Å². The molecule has 0 atom stereocenters. The summed E-state index contributed by atoms with van der Waals surface area (Å²) < 4.78 is 0. The van der Waals surface area contributed by atoms with Crippen molar-refractivity contribution in [2.45, 2.75) is 26.4 Å². The van der Waals surface area contributed by atoms with Gasteiger partial charge in [0, 0.05) is 6.92 Å². The van der Waals surface area contributed by atoms with E-state index in [-0.39, 0.29) is 0 Å². The molecule has 0 heterocycles. The molecule has 3 heteroatoms. The lowest BCUT2D eigenvalue weighted by atomic mass is 10.2. The molecule has 3 nitrogen and oxygen atoms in total. The lowest BCUT2D eigenvalue weighted by Gasteiger charge is -2.14.